The highest BCUT2D eigenvalue weighted by Gasteiger charge is 2.30. The molecular formula is C16H23BrN2O2. The maximum Gasteiger partial charge on any atom is 0.263 e. The smallest absolute Gasteiger partial charge is 0.263 e. The zero-order valence-corrected chi connectivity index (χ0v) is 14.4. The van der Waals surface area contributed by atoms with E-state index in [0.29, 0.717) is 12.3 Å². The lowest BCUT2D eigenvalue weighted by Gasteiger charge is -2.37. The Bertz CT molecular complexity index is 521. The zero-order valence-electron chi connectivity index (χ0n) is 12.8. The van der Waals surface area contributed by atoms with Crippen LogP contribution in [0.2, 0.25) is 0 Å². The summed E-state index contributed by atoms with van der Waals surface area (Å²) in [5.41, 5.74) is 7.09. The predicted molar refractivity (Wildman–Crippen MR) is 87.4 cm³/mol. The molecule has 0 radical (unpaired) electrons. The number of hydrogen-bond donors (Lipinski definition) is 1. The molecule has 1 saturated heterocycles. The third-order valence-electron chi connectivity index (χ3n) is 3.94. The van der Waals surface area contributed by atoms with E-state index in [2.05, 4.69) is 15.9 Å². The van der Waals surface area contributed by atoms with E-state index >= 15 is 0 Å². The number of hydrogen-bond acceptors (Lipinski definition) is 3. The fourth-order valence-corrected chi connectivity index (χ4v) is 3.30. The van der Waals surface area contributed by atoms with Gasteiger partial charge in [0.05, 0.1) is 4.47 Å². The molecule has 116 valence electrons. The third kappa shape index (κ3) is 3.98. The summed E-state index contributed by atoms with van der Waals surface area (Å²) in [6.07, 6.45) is 1.21. The highest BCUT2D eigenvalue weighted by molar-refractivity contribution is 9.10. The molecule has 0 spiro atoms. The minimum Gasteiger partial charge on any atom is -0.480 e. The van der Waals surface area contributed by atoms with Gasteiger partial charge < -0.3 is 15.4 Å². The van der Waals surface area contributed by atoms with Crippen LogP contribution in [0.3, 0.4) is 0 Å². The molecule has 1 amide bonds. The molecule has 2 rings (SSSR count). The van der Waals surface area contributed by atoms with Gasteiger partial charge in [0.15, 0.2) is 6.10 Å². The molecule has 1 aromatic rings. The van der Waals surface area contributed by atoms with Crippen LogP contribution in [0.25, 0.3) is 0 Å². The highest BCUT2D eigenvalue weighted by Crippen LogP contribution is 2.27. The Hall–Kier alpha value is -1.07. The molecule has 1 heterocycles. The van der Waals surface area contributed by atoms with Gasteiger partial charge in [0.1, 0.15) is 5.75 Å². The Morgan fingerprint density at radius 1 is 1.52 bits per heavy atom. The fourth-order valence-electron chi connectivity index (χ4n) is 2.71. The Labute approximate surface area is 134 Å². The molecule has 0 aliphatic carbocycles. The number of carbonyl (C=O) groups excluding carboxylic acids is 1. The first-order valence-corrected chi connectivity index (χ1v) is 8.16. The lowest BCUT2D eigenvalue weighted by Crippen LogP contribution is -2.51. The number of amides is 1. The molecule has 1 fully saturated rings. The number of aryl methyl sites for hydroxylation is 1. The monoisotopic (exact) mass is 354 g/mol. The Morgan fingerprint density at radius 3 is 2.86 bits per heavy atom. The molecule has 1 aliphatic heterocycles. The van der Waals surface area contributed by atoms with Crippen molar-refractivity contribution >= 4 is 21.8 Å². The maximum absolute atomic E-state index is 12.5. The lowest BCUT2D eigenvalue weighted by atomic mass is 9.98. The van der Waals surface area contributed by atoms with Gasteiger partial charge in [-0.3, -0.25) is 4.79 Å². The summed E-state index contributed by atoms with van der Waals surface area (Å²) in [5, 5.41) is 0. The maximum atomic E-state index is 12.5. The number of rotatable bonds is 3. The summed E-state index contributed by atoms with van der Waals surface area (Å²) in [4.78, 5) is 14.4. The van der Waals surface area contributed by atoms with Crippen LogP contribution in [-0.2, 0) is 4.79 Å². The quantitative estimate of drug-likeness (QED) is 0.907. The minimum absolute atomic E-state index is 0.0295. The van der Waals surface area contributed by atoms with Crippen molar-refractivity contribution in [3.63, 3.8) is 0 Å². The second-order valence-electron chi connectivity index (χ2n) is 5.86. The van der Waals surface area contributed by atoms with Crippen molar-refractivity contribution in [2.24, 2.45) is 5.73 Å². The van der Waals surface area contributed by atoms with Gasteiger partial charge in [-0.25, -0.2) is 0 Å². The van der Waals surface area contributed by atoms with Crippen LogP contribution in [0.15, 0.2) is 22.7 Å². The molecule has 21 heavy (non-hydrogen) atoms. The Balaban J connectivity index is 2.02. The van der Waals surface area contributed by atoms with Crippen LogP contribution in [0.5, 0.6) is 5.75 Å². The van der Waals surface area contributed by atoms with Crippen molar-refractivity contribution in [1.29, 1.82) is 0 Å². The molecule has 3 atom stereocenters. The number of nitrogens with zero attached hydrogens (tertiary/aromatic N) is 1. The Morgan fingerprint density at radius 2 is 2.24 bits per heavy atom. The predicted octanol–water partition coefficient (Wildman–Crippen LogP) is 2.86. The third-order valence-corrected chi connectivity index (χ3v) is 4.56. The lowest BCUT2D eigenvalue weighted by molar-refractivity contribution is -0.141. The topological polar surface area (TPSA) is 55.6 Å². The van der Waals surface area contributed by atoms with Crippen LogP contribution in [0.4, 0.5) is 0 Å². The van der Waals surface area contributed by atoms with Gasteiger partial charge in [-0.2, -0.15) is 0 Å². The van der Waals surface area contributed by atoms with Crippen LogP contribution in [0, 0.1) is 6.92 Å². The van der Waals surface area contributed by atoms with Gasteiger partial charge in [-0.15, -0.1) is 0 Å². The number of carbonyl (C=O) groups is 1. The number of nitrogens with two attached hydrogens (primary N) is 1. The normalized spacial score (nSPS) is 23.8. The Kier molecular flexibility index (Phi) is 5.27. The summed E-state index contributed by atoms with van der Waals surface area (Å²) in [6, 6.07) is 6.22. The summed E-state index contributed by atoms with van der Waals surface area (Å²) in [6.45, 7) is 6.58. The second-order valence-corrected chi connectivity index (χ2v) is 6.71. The standard InChI is InChI=1S/C16H23BrN2O2/c1-10-4-5-15(14(17)8-10)21-12(3)16(20)19-7-6-13(18)9-11(19)2/h4-5,8,11-13H,6-7,9,18H2,1-3H3. The minimum atomic E-state index is -0.499. The van der Waals surface area contributed by atoms with Gasteiger partial charge in [0, 0.05) is 18.6 Å². The van der Waals surface area contributed by atoms with Gasteiger partial charge in [0.2, 0.25) is 0 Å². The number of ether oxygens (including phenoxy) is 1. The summed E-state index contributed by atoms with van der Waals surface area (Å²) >= 11 is 3.47. The highest BCUT2D eigenvalue weighted by atomic mass is 79.9. The van der Waals surface area contributed by atoms with Crippen LogP contribution in [0.1, 0.15) is 32.3 Å². The molecule has 5 heteroatoms. The molecule has 4 nitrogen and oxygen atoms in total. The molecule has 1 aromatic carbocycles. The first kappa shape index (κ1) is 16.3. The average molecular weight is 355 g/mol. The van der Waals surface area contributed by atoms with Crippen LogP contribution < -0.4 is 10.5 Å². The first-order chi connectivity index (χ1) is 9.88. The van der Waals surface area contributed by atoms with Crippen LogP contribution in [-0.4, -0.2) is 35.5 Å². The zero-order chi connectivity index (χ0) is 15.6. The number of likely N-dealkylation sites (tertiary alicyclic amines) is 1. The molecular weight excluding hydrogens is 332 g/mol. The van der Waals surface area contributed by atoms with E-state index in [0.717, 1.165) is 22.9 Å². The van der Waals surface area contributed by atoms with E-state index in [-0.39, 0.29) is 18.0 Å². The van der Waals surface area contributed by atoms with Gasteiger partial charge in [0.25, 0.3) is 5.91 Å². The molecule has 0 saturated carbocycles. The number of piperidine rings is 1. The van der Waals surface area contributed by atoms with Crippen molar-refractivity contribution in [3.05, 3.63) is 28.2 Å². The molecule has 1 aliphatic rings. The summed E-state index contributed by atoms with van der Waals surface area (Å²) in [5.74, 6) is 0.727. The fraction of sp³-hybridized carbons (Fsp3) is 0.562. The van der Waals surface area contributed by atoms with Gasteiger partial charge in [-0.1, -0.05) is 6.07 Å². The van der Waals surface area contributed by atoms with E-state index in [1.165, 1.54) is 0 Å². The summed E-state index contributed by atoms with van der Waals surface area (Å²) in [7, 11) is 0. The molecule has 0 bridgehead atoms. The average Bonchev–Trinajstić information content (AvgIpc) is 2.41. The summed E-state index contributed by atoms with van der Waals surface area (Å²) < 4.78 is 6.69. The number of halogens is 1. The van der Waals surface area contributed by atoms with E-state index in [4.69, 9.17) is 10.5 Å². The van der Waals surface area contributed by atoms with Crippen molar-refractivity contribution in [2.75, 3.05) is 6.54 Å². The second kappa shape index (κ2) is 6.79. The van der Waals surface area contributed by atoms with Crippen molar-refractivity contribution in [2.45, 2.75) is 51.8 Å². The number of benzene rings is 1. The molecule has 3 unspecified atom stereocenters. The largest absolute Gasteiger partial charge is 0.480 e. The van der Waals surface area contributed by atoms with E-state index in [9.17, 15) is 4.79 Å². The first-order valence-electron chi connectivity index (χ1n) is 7.37. The van der Waals surface area contributed by atoms with Crippen LogP contribution >= 0.6 is 15.9 Å². The van der Waals surface area contributed by atoms with E-state index in [1.807, 2.05) is 36.9 Å². The molecule has 2 N–H and O–H groups in total. The van der Waals surface area contributed by atoms with Crippen molar-refractivity contribution in [3.8, 4) is 5.75 Å². The van der Waals surface area contributed by atoms with Gasteiger partial charge >= 0.3 is 0 Å². The molecule has 0 aromatic heterocycles. The SMILES string of the molecule is Cc1ccc(OC(C)C(=O)N2CCC(N)CC2C)c(Br)c1. The van der Waals surface area contributed by atoms with E-state index in [1.54, 1.807) is 6.92 Å². The van der Waals surface area contributed by atoms with E-state index < -0.39 is 6.10 Å². The van der Waals surface area contributed by atoms with Crippen molar-refractivity contribution in [1.82, 2.24) is 4.90 Å². The van der Waals surface area contributed by atoms with Gasteiger partial charge in [-0.05, 0) is 67.2 Å². The van der Waals surface area contributed by atoms with Crippen molar-refractivity contribution < 1.29 is 9.53 Å².